The zero-order valence-corrected chi connectivity index (χ0v) is 11.3. The van der Waals surface area contributed by atoms with E-state index in [1.807, 2.05) is 6.07 Å². The lowest BCUT2D eigenvalue weighted by Gasteiger charge is -2.33. The van der Waals surface area contributed by atoms with Crippen molar-refractivity contribution >= 4 is 11.7 Å². The molecule has 1 unspecified atom stereocenters. The van der Waals surface area contributed by atoms with E-state index in [1.165, 1.54) is 20.0 Å². The normalized spacial score (nSPS) is 18.8. The monoisotopic (exact) mass is 258 g/mol. The van der Waals surface area contributed by atoms with Crippen molar-refractivity contribution in [3.8, 4) is 6.07 Å². The summed E-state index contributed by atoms with van der Waals surface area (Å²) in [5.41, 5.74) is 1.72. The van der Waals surface area contributed by atoms with Crippen LogP contribution in [0.2, 0.25) is 0 Å². The van der Waals surface area contributed by atoms with Crippen LogP contribution in [0.25, 0.3) is 0 Å². The molecule has 0 N–H and O–H groups in total. The first kappa shape index (κ1) is 13.4. The molecular weight excluding hydrogens is 240 g/mol. The number of anilines is 1. The van der Waals surface area contributed by atoms with Crippen LogP contribution in [0.4, 0.5) is 5.69 Å². The Kier molecular flexibility index (Phi) is 4.06. The molecule has 100 valence electrons. The van der Waals surface area contributed by atoms with Crippen LogP contribution in [0.1, 0.15) is 35.7 Å². The maximum Gasteiger partial charge on any atom is 0.339 e. The Bertz CT molecular complexity index is 519. The minimum Gasteiger partial charge on any atom is -0.465 e. The fourth-order valence-corrected chi connectivity index (χ4v) is 2.53. The molecule has 0 spiro atoms. The van der Waals surface area contributed by atoms with Crippen molar-refractivity contribution in [1.82, 2.24) is 0 Å². The molecule has 1 aromatic carbocycles. The number of nitriles is 1. The second-order valence-corrected chi connectivity index (χ2v) is 5.03. The summed E-state index contributed by atoms with van der Waals surface area (Å²) in [5, 5.41) is 9.16. The van der Waals surface area contributed by atoms with Gasteiger partial charge in [-0.15, -0.1) is 0 Å². The Morgan fingerprint density at radius 2 is 2.32 bits per heavy atom. The Morgan fingerprint density at radius 3 is 2.95 bits per heavy atom. The molecule has 19 heavy (non-hydrogen) atoms. The number of nitrogens with zero attached hydrogens (tertiary/aromatic N) is 2. The van der Waals surface area contributed by atoms with Crippen LogP contribution < -0.4 is 4.90 Å². The second-order valence-electron chi connectivity index (χ2n) is 5.03. The van der Waals surface area contributed by atoms with Gasteiger partial charge in [0.25, 0.3) is 0 Å². The van der Waals surface area contributed by atoms with Crippen LogP contribution >= 0.6 is 0 Å². The van der Waals surface area contributed by atoms with Gasteiger partial charge in [0.05, 0.1) is 18.2 Å². The highest BCUT2D eigenvalue weighted by Gasteiger charge is 2.19. The minimum atomic E-state index is -0.463. The predicted octanol–water partition coefficient (Wildman–Crippen LogP) is 2.58. The van der Waals surface area contributed by atoms with Crippen LogP contribution in [0, 0.1) is 17.2 Å². The number of methoxy groups -OCH3 is 1. The number of hydrogen-bond donors (Lipinski definition) is 0. The van der Waals surface area contributed by atoms with Crippen LogP contribution in [0.5, 0.6) is 0 Å². The molecule has 0 aromatic heterocycles. The molecule has 0 saturated carbocycles. The average molecular weight is 258 g/mol. The topological polar surface area (TPSA) is 53.3 Å². The molecule has 1 aromatic rings. The summed E-state index contributed by atoms with van der Waals surface area (Å²) in [6, 6.07) is 7.43. The molecule has 1 fully saturated rings. The van der Waals surface area contributed by atoms with Crippen molar-refractivity contribution < 1.29 is 9.53 Å². The minimum absolute atomic E-state index is 0.332. The fraction of sp³-hybridized carbons (Fsp3) is 0.467. The molecule has 1 atom stereocenters. The number of carbonyl (C=O) groups excluding carboxylic acids is 1. The van der Waals surface area contributed by atoms with E-state index in [1.54, 1.807) is 12.1 Å². The van der Waals surface area contributed by atoms with Crippen LogP contribution in [0.3, 0.4) is 0 Å². The summed E-state index contributed by atoms with van der Waals surface area (Å²) in [7, 11) is 1.32. The summed E-state index contributed by atoms with van der Waals surface area (Å²) >= 11 is 0. The highest BCUT2D eigenvalue weighted by Crippen LogP contribution is 2.25. The molecule has 4 nitrogen and oxygen atoms in total. The lowest BCUT2D eigenvalue weighted by atomic mass is 9.99. The van der Waals surface area contributed by atoms with Crippen molar-refractivity contribution in [3.05, 3.63) is 29.3 Å². The predicted molar refractivity (Wildman–Crippen MR) is 73.1 cm³/mol. The smallest absolute Gasteiger partial charge is 0.339 e. The summed E-state index contributed by atoms with van der Waals surface area (Å²) in [6.07, 6.45) is 2.42. The van der Waals surface area contributed by atoms with Crippen molar-refractivity contribution in [3.63, 3.8) is 0 Å². The molecule has 1 saturated heterocycles. The van der Waals surface area contributed by atoms with Gasteiger partial charge in [-0.3, -0.25) is 0 Å². The Labute approximate surface area is 113 Å². The molecular formula is C15H18N2O2. The number of ether oxygens (including phenoxy) is 1. The molecule has 4 heteroatoms. The summed E-state index contributed by atoms with van der Waals surface area (Å²) < 4.78 is 4.68. The number of benzene rings is 1. The van der Waals surface area contributed by atoms with E-state index in [4.69, 9.17) is 5.26 Å². The standard InChI is InChI=1S/C15H18N2O2/c1-11-4-3-7-17(10-11)13-5-6-14(15(18)19-2)12(8-13)9-16/h5-6,8,11H,3-4,7,10H2,1-2H3. The van der Waals surface area contributed by atoms with Crippen molar-refractivity contribution in [2.24, 2.45) is 5.92 Å². The van der Waals surface area contributed by atoms with E-state index in [0.717, 1.165) is 18.8 Å². The van der Waals surface area contributed by atoms with Crippen LogP contribution in [-0.2, 0) is 4.74 Å². The van der Waals surface area contributed by atoms with Gasteiger partial charge in [0.15, 0.2) is 0 Å². The van der Waals surface area contributed by atoms with Gasteiger partial charge in [0, 0.05) is 18.8 Å². The largest absolute Gasteiger partial charge is 0.465 e. The number of carbonyl (C=O) groups is 1. The van der Waals surface area contributed by atoms with E-state index in [0.29, 0.717) is 17.0 Å². The van der Waals surface area contributed by atoms with Gasteiger partial charge < -0.3 is 9.64 Å². The first-order valence-electron chi connectivity index (χ1n) is 6.53. The third kappa shape index (κ3) is 2.87. The first-order chi connectivity index (χ1) is 9.15. The highest BCUT2D eigenvalue weighted by atomic mass is 16.5. The third-order valence-corrected chi connectivity index (χ3v) is 3.55. The SMILES string of the molecule is COC(=O)c1ccc(N2CCCC(C)C2)cc1C#N. The number of rotatable bonds is 2. The number of hydrogen-bond acceptors (Lipinski definition) is 4. The van der Waals surface area contributed by atoms with Crippen LogP contribution in [0.15, 0.2) is 18.2 Å². The van der Waals surface area contributed by atoms with Crippen LogP contribution in [-0.4, -0.2) is 26.2 Å². The van der Waals surface area contributed by atoms with Gasteiger partial charge in [-0.1, -0.05) is 6.92 Å². The number of esters is 1. The molecule has 1 heterocycles. The molecule has 0 aliphatic carbocycles. The lowest BCUT2D eigenvalue weighted by molar-refractivity contribution is 0.0600. The molecule has 0 radical (unpaired) electrons. The summed E-state index contributed by atoms with van der Waals surface area (Å²) in [5.74, 6) is 0.203. The maximum absolute atomic E-state index is 11.5. The van der Waals surface area contributed by atoms with E-state index in [-0.39, 0.29) is 0 Å². The third-order valence-electron chi connectivity index (χ3n) is 3.55. The second kappa shape index (κ2) is 5.75. The lowest BCUT2D eigenvalue weighted by Crippen LogP contribution is -2.34. The Balaban J connectivity index is 2.29. The van der Waals surface area contributed by atoms with Gasteiger partial charge in [-0.25, -0.2) is 4.79 Å². The molecule has 1 aliphatic heterocycles. The maximum atomic E-state index is 11.5. The Hall–Kier alpha value is -2.02. The van der Waals surface area contributed by atoms with Gasteiger partial charge in [-0.2, -0.15) is 5.26 Å². The van der Waals surface area contributed by atoms with Crippen molar-refractivity contribution in [2.75, 3.05) is 25.1 Å². The van der Waals surface area contributed by atoms with Gasteiger partial charge >= 0.3 is 5.97 Å². The van der Waals surface area contributed by atoms with Crippen molar-refractivity contribution in [1.29, 1.82) is 5.26 Å². The zero-order valence-electron chi connectivity index (χ0n) is 11.3. The van der Waals surface area contributed by atoms with Gasteiger partial charge in [0.2, 0.25) is 0 Å². The van der Waals surface area contributed by atoms with Gasteiger partial charge in [0.1, 0.15) is 6.07 Å². The highest BCUT2D eigenvalue weighted by molar-refractivity contribution is 5.92. The number of piperidine rings is 1. The quantitative estimate of drug-likeness (QED) is 0.765. The van der Waals surface area contributed by atoms with E-state index >= 15 is 0 Å². The van der Waals surface area contributed by atoms with E-state index in [9.17, 15) is 4.79 Å². The fourth-order valence-electron chi connectivity index (χ4n) is 2.53. The van der Waals surface area contributed by atoms with Crippen molar-refractivity contribution in [2.45, 2.75) is 19.8 Å². The van der Waals surface area contributed by atoms with E-state index in [2.05, 4.69) is 22.6 Å². The summed E-state index contributed by atoms with van der Waals surface area (Å²) in [6.45, 7) is 4.25. The molecule has 1 aliphatic rings. The van der Waals surface area contributed by atoms with E-state index < -0.39 is 5.97 Å². The zero-order chi connectivity index (χ0) is 13.8. The van der Waals surface area contributed by atoms with Gasteiger partial charge in [-0.05, 0) is 37.0 Å². The average Bonchev–Trinajstić information content (AvgIpc) is 2.45. The Morgan fingerprint density at radius 1 is 1.53 bits per heavy atom. The summed E-state index contributed by atoms with van der Waals surface area (Å²) in [4.78, 5) is 13.8. The first-order valence-corrected chi connectivity index (χ1v) is 6.53. The molecule has 2 rings (SSSR count). The molecule has 0 bridgehead atoms. The molecule has 0 amide bonds.